The third-order valence-corrected chi connectivity index (χ3v) is 2.71. The molecule has 0 bridgehead atoms. The van der Waals surface area contributed by atoms with Crippen LogP contribution in [0.25, 0.3) is 0 Å². The number of nitrogens with two attached hydrogens (primary N) is 1. The first-order chi connectivity index (χ1) is 9.20. The zero-order valence-corrected chi connectivity index (χ0v) is 10.8. The molecule has 0 fully saturated rings. The molecule has 19 heavy (non-hydrogen) atoms. The minimum atomic E-state index is -0.288. The van der Waals surface area contributed by atoms with Crippen LogP contribution in [0.3, 0.4) is 0 Å². The van der Waals surface area contributed by atoms with Crippen LogP contribution in [-0.4, -0.2) is 12.5 Å². The highest BCUT2D eigenvalue weighted by Crippen LogP contribution is 2.17. The summed E-state index contributed by atoms with van der Waals surface area (Å²) in [4.78, 5) is 6.09. The Morgan fingerprint density at radius 2 is 1.89 bits per heavy atom. The Bertz CT molecular complexity index is 567. The summed E-state index contributed by atoms with van der Waals surface area (Å²) in [5.74, 6) is 0.0581. The van der Waals surface area contributed by atoms with Gasteiger partial charge in [0.1, 0.15) is 5.82 Å². The van der Waals surface area contributed by atoms with Crippen LogP contribution < -0.4 is 10.6 Å². The van der Waals surface area contributed by atoms with E-state index in [9.17, 15) is 4.39 Å². The standard InChI is InChI=1S/C15H16FN3/c1-2-19(14-10-6-7-12(16)11-14)15(17)18-13-8-4-3-5-9-13/h3-11H,2H2,1H3,(H2,17,18). The highest BCUT2D eigenvalue weighted by molar-refractivity contribution is 5.96. The molecular formula is C15H16FN3. The molecule has 0 aliphatic carbocycles. The Morgan fingerprint density at radius 1 is 1.16 bits per heavy atom. The zero-order valence-electron chi connectivity index (χ0n) is 10.8. The van der Waals surface area contributed by atoms with Crippen molar-refractivity contribution in [1.29, 1.82) is 0 Å². The molecule has 0 spiro atoms. The van der Waals surface area contributed by atoms with Crippen molar-refractivity contribution in [2.75, 3.05) is 11.4 Å². The molecule has 0 atom stereocenters. The number of rotatable bonds is 3. The molecule has 0 heterocycles. The van der Waals surface area contributed by atoms with E-state index < -0.39 is 0 Å². The van der Waals surface area contributed by atoms with Crippen LogP contribution in [0.1, 0.15) is 6.92 Å². The molecule has 4 heteroatoms. The van der Waals surface area contributed by atoms with E-state index in [0.29, 0.717) is 18.2 Å². The van der Waals surface area contributed by atoms with E-state index in [-0.39, 0.29) is 5.82 Å². The van der Waals surface area contributed by atoms with Crippen molar-refractivity contribution in [2.24, 2.45) is 10.7 Å². The Kier molecular flexibility index (Phi) is 4.13. The third-order valence-electron chi connectivity index (χ3n) is 2.71. The molecule has 0 aliphatic rings. The number of para-hydroxylation sites is 1. The van der Waals surface area contributed by atoms with Gasteiger partial charge in [-0.15, -0.1) is 0 Å². The van der Waals surface area contributed by atoms with Gasteiger partial charge in [0, 0.05) is 12.2 Å². The van der Waals surface area contributed by atoms with Crippen molar-refractivity contribution >= 4 is 17.3 Å². The molecule has 0 saturated carbocycles. The Balaban J connectivity index is 2.29. The van der Waals surface area contributed by atoms with Gasteiger partial charge >= 0.3 is 0 Å². The monoisotopic (exact) mass is 257 g/mol. The van der Waals surface area contributed by atoms with Crippen molar-refractivity contribution in [2.45, 2.75) is 6.92 Å². The summed E-state index contributed by atoms with van der Waals surface area (Å²) < 4.78 is 13.2. The van der Waals surface area contributed by atoms with Gasteiger partial charge in [0.05, 0.1) is 5.69 Å². The van der Waals surface area contributed by atoms with Crippen molar-refractivity contribution in [3.63, 3.8) is 0 Å². The molecule has 0 saturated heterocycles. The Hall–Kier alpha value is -2.36. The highest BCUT2D eigenvalue weighted by atomic mass is 19.1. The molecule has 3 nitrogen and oxygen atoms in total. The van der Waals surface area contributed by atoms with E-state index in [4.69, 9.17) is 5.73 Å². The van der Waals surface area contributed by atoms with Gasteiger partial charge in [-0.1, -0.05) is 24.3 Å². The molecule has 2 aromatic carbocycles. The van der Waals surface area contributed by atoms with Crippen LogP contribution >= 0.6 is 0 Å². The first kappa shape index (κ1) is 13.1. The van der Waals surface area contributed by atoms with Gasteiger partial charge in [-0.2, -0.15) is 0 Å². The fourth-order valence-electron chi connectivity index (χ4n) is 1.82. The summed E-state index contributed by atoms with van der Waals surface area (Å²) in [6.07, 6.45) is 0. The SMILES string of the molecule is CCN(C(N)=Nc1ccccc1)c1cccc(F)c1. The first-order valence-corrected chi connectivity index (χ1v) is 6.13. The summed E-state index contributed by atoms with van der Waals surface area (Å²) in [5, 5.41) is 0. The minimum Gasteiger partial charge on any atom is -0.369 e. The molecule has 0 aliphatic heterocycles. The summed E-state index contributed by atoms with van der Waals surface area (Å²) in [6, 6.07) is 15.7. The molecule has 0 amide bonds. The van der Waals surface area contributed by atoms with Gasteiger partial charge in [-0.25, -0.2) is 9.38 Å². The van der Waals surface area contributed by atoms with Crippen molar-refractivity contribution in [3.8, 4) is 0 Å². The number of aliphatic imine (C=N–C) groups is 1. The second kappa shape index (κ2) is 6.00. The molecule has 0 radical (unpaired) electrons. The zero-order chi connectivity index (χ0) is 13.7. The number of benzene rings is 2. The van der Waals surface area contributed by atoms with Gasteiger partial charge in [0.15, 0.2) is 0 Å². The molecule has 0 aromatic heterocycles. The highest BCUT2D eigenvalue weighted by Gasteiger charge is 2.09. The van der Waals surface area contributed by atoms with Crippen LogP contribution in [0, 0.1) is 5.82 Å². The van der Waals surface area contributed by atoms with Crippen LogP contribution in [0.15, 0.2) is 59.6 Å². The predicted octanol–water partition coefficient (Wildman–Crippen LogP) is 3.30. The fraction of sp³-hybridized carbons (Fsp3) is 0.133. The second-order valence-corrected chi connectivity index (χ2v) is 4.03. The summed E-state index contributed by atoms with van der Waals surface area (Å²) >= 11 is 0. The van der Waals surface area contributed by atoms with Crippen molar-refractivity contribution in [1.82, 2.24) is 0 Å². The maximum absolute atomic E-state index is 13.2. The third kappa shape index (κ3) is 3.31. The van der Waals surface area contributed by atoms with E-state index in [1.807, 2.05) is 37.3 Å². The average molecular weight is 257 g/mol. The number of hydrogen-bond donors (Lipinski definition) is 1. The first-order valence-electron chi connectivity index (χ1n) is 6.13. The summed E-state index contributed by atoms with van der Waals surface area (Å²) in [6.45, 7) is 2.56. The predicted molar refractivity (Wildman–Crippen MR) is 77.1 cm³/mol. The quantitative estimate of drug-likeness (QED) is 0.677. The molecular weight excluding hydrogens is 241 g/mol. The van der Waals surface area contributed by atoms with Gasteiger partial charge in [0.25, 0.3) is 0 Å². The molecule has 2 aromatic rings. The Labute approximate surface area is 112 Å². The molecule has 2 rings (SSSR count). The number of halogens is 1. The summed E-state index contributed by atoms with van der Waals surface area (Å²) in [7, 11) is 0. The topological polar surface area (TPSA) is 41.6 Å². The van der Waals surface area contributed by atoms with Crippen molar-refractivity contribution in [3.05, 3.63) is 60.4 Å². The van der Waals surface area contributed by atoms with Crippen LogP contribution in [0.4, 0.5) is 15.8 Å². The number of anilines is 1. The minimum absolute atomic E-state index is 0.288. The van der Waals surface area contributed by atoms with Crippen LogP contribution in [0.5, 0.6) is 0 Å². The maximum atomic E-state index is 13.2. The lowest BCUT2D eigenvalue weighted by Crippen LogP contribution is -2.37. The number of hydrogen-bond acceptors (Lipinski definition) is 1. The largest absolute Gasteiger partial charge is 0.369 e. The summed E-state index contributed by atoms with van der Waals surface area (Å²) in [5.41, 5.74) is 7.46. The molecule has 98 valence electrons. The number of nitrogens with zero attached hydrogens (tertiary/aromatic N) is 2. The average Bonchev–Trinajstić information content (AvgIpc) is 2.41. The van der Waals surface area contributed by atoms with E-state index in [2.05, 4.69) is 4.99 Å². The van der Waals surface area contributed by atoms with Crippen LogP contribution in [0.2, 0.25) is 0 Å². The van der Waals surface area contributed by atoms with Crippen LogP contribution in [-0.2, 0) is 0 Å². The lowest BCUT2D eigenvalue weighted by atomic mass is 10.3. The van der Waals surface area contributed by atoms with E-state index in [1.54, 1.807) is 17.0 Å². The molecule has 2 N–H and O–H groups in total. The second-order valence-electron chi connectivity index (χ2n) is 4.03. The van der Waals surface area contributed by atoms with Gasteiger partial charge < -0.3 is 10.6 Å². The smallest absolute Gasteiger partial charge is 0.201 e. The maximum Gasteiger partial charge on any atom is 0.201 e. The van der Waals surface area contributed by atoms with Gasteiger partial charge in [0.2, 0.25) is 5.96 Å². The normalized spacial score (nSPS) is 11.4. The van der Waals surface area contributed by atoms with E-state index >= 15 is 0 Å². The Morgan fingerprint density at radius 3 is 2.53 bits per heavy atom. The number of guanidine groups is 1. The van der Waals surface area contributed by atoms with Gasteiger partial charge in [-0.3, -0.25) is 0 Å². The van der Waals surface area contributed by atoms with Crippen molar-refractivity contribution < 1.29 is 4.39 Å². The lowest BCUT2D eigenvalue weighted by molar-refractivity contribution is 0.628. The van der Waals surface area contributed by atoms with Gasteiger partial charge in [-0.05, 0) is 37.3 Å². The van der Waals surface area contributed by atoms with E-state index in [0.717, 1.165) is 5.69 Å². The fourth-order valence-corrected chi connectivity index (χ4v) is 1.82. The molecule has 0 unspecified atom stereocenters. The van der Waals surface area contributed by atoms with E-state index in [1.165, 1.54) is 12.1 Å². The lowest BCUT2D eigenvalue weighted by Gasteiger charge is -2.21.